The zero-order valence-corrected chi connectivity index (χ0v) is 12.4. The van der Waals surface area contributed by atoms with Gasteiger partial charge in [-0.15, -0.1) is 0 Å². The molecule has 3 unspecified atom stereocenters. The second-order valence-corrected chi connectivity index (χ2v) is 6.54. The van der Waals surface area contributed by atoms with Gasteiger partial charge in [0, 0.05) is 4.47 Å². The quantitative estimate of drug-likeness (QED) is 0.898. The van der Waals surface area contributed by atoms with E-state index < -0.39 is 11.0 Å². The van der Waals surface area contributed by atoms with Crippen LogP contribution in [-0.4, -0.2) is 5.11 Å². The maximum Gasteiger partial charge on any atom is 0.105 e. The Morgan fingerprint density at radius 3 is 2.50 bits per heavy atom. The molecule has 0 aliphatic heterocycles. The van der Waals surface area contributed by atoms with E-state index in [1.165, 1.54) is 0 Å². The molecule has 1 fully saturated rings. The molecule has 0 aromatic heterocycles. The molecule has 96 valence electrons. The topological polar surface area (TPSA) is 44.0 Å². The first-order valence-corrected chi connectivity index (χ1v) is 7.10. The SMILES string of the molecule is CC1CCC(C#N)(C(C)(O)c2ccc(Br)cc2)C1. The summed E-state index contributed by atoms with van der Waals surface area (Å²) in [6.45, 7) is 3.92. The van der Waals surface area contributed by atoms with Crippen LogP contribution in [0, 0.1) is 22.7 Å². The fraction of sp³-hybridized carbons (Fsp3) is 0.533. The van der Waals surface area contributed by atoms with Gasteiger partial charge >= 0.3 is 0 Å². The second-order valence-electron chi connectivity index (χ2n) is 5.62. The summed E-state index contributed by atoms with van der Waals surface area (Å²) in [5.74, 6) is 0.506. The third-order valence-corrected chi connectivity index (χ3v) is 4.84. The molecule has 3 heteroatoms. The van der Waals surface area contributed by atoms with Crippen molar-refractivity contribution in [2.24, 2.45) is 11.3 Å². The Kier molecular flexibility index (Phi) is 3.53. The van der Waals surface area contributed by atoms with Gasteiger partial charge in [0.15, 0.2) is 0 Å². The Bertz CT molecular complexity index is 474. The standard InChI is InChI=1S/C15H18BrNO/c1-11-7-8-15(9-11,10-17)14(2,18)12-3-5-13(16)6-4-12/h3-6,11,18H,7-9H2,1-2H3. The predicted octanol–water partition coefficient (Wildman–Crippen LogP) is 3.99. The van der Waals surface area contributed by atoms with Gasteiger partial charge < -0.3 is 5.11 Å². The number of benzene rings is 1. The van der Waals surface area contributed by atoms with E-state index in [0.717, 1.165) is 29.3 Å². The predicted molar refractivity (Wildman–Crippen MR) is 74.8 cm³/mol. The minimum Gasteiger partial charge on any atom is -0.384 e. The molecule has 0 saturated heterocycles. The van der Waals surface area contributed by atoms with Crippen LogP contribution in [0.15, 0.2) is 28.7 Å². The average Bonchev–Trinajstić information content (AvgIpc) is 2.73. The van der Waals surface area contributed by atoms with Crippen LogP contribution in [0.25, 0.3) is 0 Å². The molecule has 1 aromatic carbocycles. The maximum absolute atomic E-state index is 10.9. The minimum absolute atomic E-state index is 0.506. The first kappa shape index (κ1) is 13.6. The molecule has 0 heterocycles. The van der Waals surface area contributed by atoms with Crippen LogP contribution in [0.1, 0.15) is 38.7 Å². The van der Waals surface area contributed by atoms with Crippen LogP contribution in [0.5, 0.6) is 0 Å². The van der Waals surface area contributed by atoms with Gasteiger partial charge in [0.1, 0.15) is 5.60 Å². The van der Waals surface area contributed by atoms with Crippen molar-refractivity contribution in [3.63, 3.8) is 0 Å². The van der Waals surface area contributed by atoms with Gasteiger partial charge in [-0.3, -0.25) is 0 Å². The monoisotopic (exact) mass is 307 g/mol. The molecule has 0 bridgehead atoms. The normalized spacial score (nSPS) is 30.7. The molecule has 0 radical (unpaired) electrons. The molecular formula is C15H18BrNO. The third-order valence-electron chi connectivity index (χ3n) is 4.31. The van der Waals surface area contributed by atoms with E-state index in [0.29, 0.717) is 5.92 Å². The average molecular weight is 308 g/mol. The van der Waals surface area contributed by atoms with Gasteiger partial charge in [-0.1, -0.05) is 35.0 Å². The minimum atomic E-state index is -1.09. The van der Waals surface area contributed by atoms with E-state index in [1.54, 1.807) is 6.92 Å². The first-order chi connectivity index (χ1) is 8.41. The van der Waals surface area contributed by atoms with E-state index in [1.807, 2.05) is 24.3 Å². The smallest absolute Gasteiger partial charge is 0.105 e. The van der Waals surface area contributed by atoms with Gasteiger partial charge in [-0.05, 0) is 49.8 Å². The van der Waals surface area contributed by atoms with Crippen molar-refractivity contribution in [2.45, 2.75) is 38.7 Å². The Morgan fingerprint density at radius 2 is 2.06 bits per heavy atom. The Labute approximate surface area is 117 Å². The van der Waals surface area contributed by atoms with Crippen molar-refractivity contribution in [1.82, 2.24) is 0 Å². The Morgan fingerprint density at radius 1 is 1.44 bits per heavy atom. The number of aliphatic hydroxyl groups is 1. The Balaban J connectivity index is 2.41. The van der Waals surface area contributed by atoms with Crippen molar-refractivity contribution in [3.8, 4) is 6.07 Å². The first-order valence-electron chi connectivity index (χ1n) is 6.31. The number of halogens is 1. The summed E-state index contributed by atoms with van der Waals surface area (Å²) < 4.78 is 0.979. The molecule has 3 atom stereocenters. The molecule has 2 nitrogen and oxygen atoms in total. The van der Waals surface area contributed by atoms with E-state index in [4.69, 9.17) is 0 Å². The maximum atomic E-state index is 10.9. The summed E-state index contributed by atoms with van der Waals surface area (Å²) >= 11 is 3.39. The number of rotatable bonds is 2. The number of nitriles is 1. The molecule has 1 aliphatic carbocycles. The molecule has 0 spiro atoms. The highest BCUT2D eigenvalue weighted by atomic mass is 79.9. The summed E-state index contributed by atoms with van der Waals surface area (Å²) in [6, 6.07) is 10.0. The van der Waals surface area contributed by atoms with Crippen molar-refractivity contribution in [3.05, 3.63) is 34.3 Å². The van der Waals surface area contributed by atoms with Gasteiger partial charge in [0.25, 0.3) is 0 Å². The van der Waals surface area contributed by atoms with Gasteiger partial charge in [-0.2, -0.15) is 5.26 Å². The van der Waals surface area contributed by atoms with Crippen molar-refractivity contribution < 1.29 is 5.11 Å². The van der Waals surface area contributed by atoms with Crippen LogP contribution in [0.4, 0.5) is 0 Å². The zero-order valence-electron chi connectivity index (χ0n) is 10.8. The molecule has 1 aliphatic rings. The molecule has 0 amide bonds. The lowest BCUT2D eigenvalue weighted by Gasteiger charge is -2.38. The summed E-state index contributed by atoms with van der Waals surface area (Å²) in [5, 5.41) is 20.5. The van der Waals surface area contributed by atoms with Crippen LogP contribution < -0.4 is 0 Å². The van der Waals surface area contributed by atoms with Crippen molar-refractivity contribution in [2.75, 3.05) is 0 Å². The van der Waals surface area contributed by atoms with Crippen LogP contribution in [0.2, 0.25) is 0 Å². The van der Waals surface area contributed by atoms with E-state index in [-0.39, 0.29) is 0 Å². The molecule has 1 N–H and O–H groups in total. The lowest BCUT2D eigenvalue weighted by molar-refractivity contribution is -0.0438. The van der Waals surface area contributed by atoms with Crippen LogP contribution in [-0.2, 0) is 5.60 Å². The molecule has 1 aromatic rings. The van der Waals surface area contributed by atoms with E-state index >= 15 is 0 Å². The lowest BCUT2D eigenvalue weighted by atomic mass is 9.68. The lowest BCUT2D eigenvalue weighted by Crippen LogP contribution is -2.41. The van der Waals surface area contributed by atoms with E-state index in [2.05, 4.69) is 28.9 Å². The number of hydrogen-bond donors (Lipinski definition) is 1. The van der Waals surface area contributed by atoms with Crippen LogP contribution >= 0.6 is 15.9 Å². The van der Waals surface area contributed by atoms with E-state index in [9.17, 15) is 10.4 Å². The van der Waals surface area contributed by atoms with Crippen LogP contribution in [0.3, 0.4) is 0 Å². The Hall–Kier alpha value is -0.850. The summed E-state index contributed by atoms with van der Waals surface area (Å²) in [5.41, 5.74) is -0.922. The van der Waals surface area contributed by atoms with Gasteiger partial charge in [0.2, 0.25) is 0 Å². The molecule has 2 rings (SSSR count). The molecule has 1 saturated carbocycles. The third kappa shape index (κ3) is 2.08. The summed E-state index contributed by atoms with van der Waals surface area (Å²) in [6.07, 6.45) is 2.56. The highest BCUT2D eigenvalue weighted by Crippen LogP contribution is 2.52. The molecule has 18 heavy (non-hydrogen) atoms. The number of nitrogens with zero attached hydrogens (tertiary/aromatic N) is 1. The summed E-state index contributed by atoms with van der Waals surface area (Å²) in [7, 11) is 0. The van der Waals surface area contributed by atoms with Gasteiger partial charge in [0.05, 0.1) is 11.5 Å². The fourth-order valence-corrected chi connectivity index (χ4v) is 3.26. The van der Waals surface area contributed by atoms with Gasteiger partial charge in [-0.25, -0.2) is 0 Å². The van der Waals surface area contributed by atoms with Crippen molar-refractivity contribution >= 4 is 15.9 Å². The molecular weight excluding hydrogens is 290 g/mol. The zero-order chi connectivity index (χ0) is 13.4. The fourth-order valence-electron chi connectivity index (χ4n) is 3.00. The highest BCUT2D eigenvalue weighted by molar-refractivity contribution is 9.10. The van der Waals surface area contributed by atoms with Crippen molar-refractivity contribution in [1.29, 1.82) is 5.26 Å². The largest absolute Gasteiger partial charge is 0.384 e. The summed E-state index contributed by atoms with van der Waals surface area (Å²) in [4.78, 5) is 0. The number of hydrogen-bond acceptors (Lipinski definition) is 2. The highest BCUT2D eigenvalue weighted by Gasteiger charge is 2.52. The second kappa shape index (κ2) is 4.68.